The number of guanidine groups is 1. The summed E-state index contributed by atoms with van der Waals surface area (Å²) >= 11 is 0. The molecule has 0 saturated carbocycles. The summed E-state index contributed by atoms with van der Waals surface area (Å²) in [6.07, 6.45) is -4.35. The van der Waals surface area contributed by atoms with Gasteiger partial charge in [-0.05, 0) is 35.4 Å². The average Bonchev–Trinajstić information content (AvgIpc) is 2.72. The first-order valence-electron chi connectivity index (χ1n) is 9.60. The Morgan fingerprint density at radius 3 is 2.28 bits per heavy atom. The number of nitrogens with zero attached hydrogens (tertiary/aromatic N) is 3. The number of hydrogen-bond acceptors (Lipinski definition) is 3. The molecule has 2 aromatic rings. The van der Waals surface area contributed by atoms with Crippen LogP contribution in [-0.2, 0) is 24.1 Å². The van der Waals surface area contributed by atoms with Crippen LogP contribution in [0.25, 0.3) is 0 Å². The van der Waals surface area contributed by atoms with Crippen LogP contribution in [0.5, 0.6) is 5.75 Å². The van der Waals surface area contributed by atoms with E-state index in [2.05, 4.69) is 10.3 Å². The number of carbonyl (C=O) groups is 1. The predicted molar refractivity (Wildman–Crippen MR) is 129 cm³/mol. The monoisotopic (exact) mass is 564 g/mol. The Morgan fingerprint density at radius 1 is 1.06 bits per heavy atom. The molecule has 2 aromatic carbocycles. The molecule has 0 heterocycles. The first kappa shape index (κ1) is 27.5. The van der Waals surface area contributed by atoms with E-state index in [1.165, 1.54) is 17.0 Å². The van der Waals surface area contributed by atoms with Crippen LogP contribution in [-0.4, -0.2) is 56.5 Å². The zero-order valence-electron chi connectivity index (χ0n) is 18.4. The van der Waals surface area contributed by atoms with Crippen molar-refractivity contribution >= 4 is 35.8 Å². The molecule has 0 radical (unpaired) electrons. The van der Waals surface area contributed by atoms with Crippen molar-refractivity contribution in [2.24, 2.45) is 4.99 Å². The standard InChI is InChI=1S/C22H27F3N4O2.HI/c1-26-21(29(4)14-16-8-10-18(11-9-16)22(23,24)25)27-13-17-6-5-7-19(12-17)31-15-20(30)28(2)3;/h5-12H,13-15H2,1-4H3,(H,26,27);1H. The molecule has 2 rings (SSSR count). The Morgan fingerprint density at radius 2 is 1.72 bits per heavy atom. The molecular formula is C22H28F3IN4O2. The van der Waals surface area contributed by atoms with E-state index in [4.69, 9.17) is 4.74 Å². The molecule has 0 bridgehead atoms. The summed E-state index contributed by atoms with van der Waals surface area (Å²) < 4.78 is 43.7. The third-order valence-corrected chi connectivity index (χ3v) is 4.48. The Bertz CT molecular complexity index is 903. The molecule has 1 amide bonds. The van der Waals surface area contributed by atoms with Gasteiger partial charge in [-0.15, -0.1) is 24.0 Å². The first-order chi connectivity index (χ1) is 14.6. The van der Waals surface area contributed by atoms with Gasteiger partial charge in [0.05, 0.1) is 5.56 Å². The minimum atomic E-state index is -4.35. The highest BCUT2D eigenvalue weighted by Gasteiger charge is 2.29. The van der Waals surface area contributed by atoms with Crippen molar-refractivity contribution in [2.45, 2.75) is 19.3 Å². The van der Waals surface area contributed by atoms with Gasteiger partial charge in [0.1, 0.15) is 5.75 Å². The lowest BCUT2D eigenvalue weighted by molar-refractivity contribution is -0.137. The molecule has 0 atom stereocenters. The number of amides is 1. The predicted octanol–water partition coefficient (Wildman–Crippen LogP) is 4.00. The van der Waals surface area contributed by atoms with Crippen molar-refractivity contribution in [1.82, 2.24) is 15.1 Å². The molecule has 1 N–H and O–H groups in total. The van der Waals surface area contributed by atoms with Crippen molar-refractivity contribution in [1.29, 1.82) is 0 Å². The number of likely N-dealkylation sites (N-methyl/N-ethyl adjacent to an activating group) is 1. The van der Waals surface area contributed by atoms with E-state index in [-0.39, 0.29) is 36.5 Å². The van der Waals surface area contributed by atoms with Crippen molar-refractivity contribution < 1.29 is 22.7 Å². The van der Waals surface area contributed by atoms with Crippen LogP contribution in [0.15, 0.2) is 53.5 Å². The van der Waals surface area contributed by atoms with Crippen LogP contribution in [0.1, 0.15) is 16.7 Å². The summed E-state index contributed by atoms with van der Waals surface area (Å²) in [7, 11) is 6.77. The summed E-state index contributed by atoms with van der Waals surface area (Å²) in [6.45, 7) is 0.817. The normalized spacial score (nSPS) is 11.4. The SMILES string of the molecule is CN=C(NCc1cccc(OCC(=O)N(C)C)c1)N(C)Cc1ccc(C(F)(F)F)cc1.I. The van der Waals surface area contributed by atoms with Gasteiger partial charge in [0.25, 0.3) is 5.91 Å². The number of benzene rings is 2. The number of ether oxygens (including phenoxy) is 1. The lowest BCUT2D eigenvalue weighted by Gasteiger charge is -2.22. The summed E-state index contributed by atoms with van der Waals surface area (Å²) in [5.41, 5.74) is 0.995. The third kappa shape index (κ3) is 8.56. The van der Waals surface area contributed by atoms with E-state index in [1.54, 1.807) is 34.3 Å². The number of carbonyl (C=O) groups excluding carboxylic acids is 1. The first-order valence-corrected chi connectivity index (χ1v) is 9.60. The summed E-state index contributed by atoms with van der Waals surface area (Å²) in [5, 5.41) is 3.22. The molecule has 0 unspecified atom stereocenters. The van der Waals surface area contributed by atoms with Crippen LogP contribution in [0, 0.1) is 0 Å². The molecule has 0 saturated heterocycles. The average molecular weight is 564 g/mol. The zero-order valence-corrected chi connectivity index (χ0v) is 20.8. The number of alkyl halides is 3. The Kier molecular flexibility index (Phi) is 10.8. The number of aliphatic imine (C=N–C) groups is 1. The highest BCUT2D eigenvalue weighted by Crippen LogP contribution is 2.29. The highest BCUT2D eigenvalue weighted by atomic mass is 127. The second-order valence-corrected chi connectivity index (χ2v) is 7.18. The van der Waals surface area contributed by atoms with Crippen LogP contribution >= 0.6 is 24.0 Å². The van der Waals surface area contributed by atoms with Crippen LogP contribution < -0.4 is 10.1 Å². The maximum absolute atomic E-state index is 12.7. The van der Waals surface area contributed by atoms with Gasteiger partial charge in [-0.2, -0.15) is 13.2 Å². The number of halogens is 4. The van der Waals surface area contributed by atoms with Gasteiger partial charge in [0.2, 0.25) is 0 Å². The topological polar surface area (TPSA) is 57.2 Å². The largest absolute Gasteiger partial charge is 0.484 e. The van der Waals surface area contributed by atoms with E-state index in [0.717, 1.165) is 23.3 Å². The van der Waals surface area contributed by atoms with Crippen LogP contribution in [0.2, 0.25) is 0 Å². The second-order valence-electron chi connectivity index (χ2n) is 7.18. The van der Waals surface area contributed by atoms with E-state index in [1.807, 2.05) is 23.1 Å². The minimum Gasteiger partial charge on any atom is -0.484 e. The number of nitrogens with one attached hydrogen (secondary N) is 1. The fourth-order valence-corrected chi connectivity index (χ4v) is 2.73. The molecule has 32 heavy (non-hydrogen) atoms. The Labute approximate surface area is 203 Å². The fraction of sp³-hybridized carbons (Fsp3) is 0.364. The van der Waals surface area contributed by atoms with Crippen molar-refractivity contribution in [3.8, 4) is 5.75 Å². The summed E-state index contributed by atoms with van der Waals surface area (Å²) in [6, 6.07) is 12.4. The molecule has 0 aliphatic carbocycles. The smallest absolute Gasteiger partial charge is 0.416 e. The number of rotatable bonds is 7. The van der Waals surface area contributed by atoms with E-state index in [0.29, 0.717) is 24.8 Å². The summed E-state index contributed by atoms with van der Waals surface area (Å²) in [5.74, 6) is 1.05. The third-order valence-electron chi connectivity index (χ3n) is 4.48. The molecule has 0 aliphatic heterocycles. The van der Waals surface area contributed by atoms with Gasteiger partial charge in [0, 0.05) is 41.3 Å². The van der Waals surface area contributed by atoms with Crippen molar-refractivity contribution in [3.63, 3.8) is 0 Å². The van der Waals surface area contributed by atoms with E-state index in [9.17, 15) is 18.0 Å². The van der Waals surface area contributed by atoms with Crippen molar-refractivity contribution in [3.05, 3.63) is 65.2 Å². The summed E-state index contributed by atoms with van der Waals surface area (Å²) in [4.78, 5) is 19.2. The van der Waals surface area contributed by atoms with Crippen LogP contribution in [0.4, 0.5) is 13.2 Å². The lowest BCUT2D eigenvalue weighted by Crippen LogP contribution is -2.38. The maximum Gasteiger partial charge on any atom is 0.416 e. The Hall–Kier alpha value is -2.50. The lowest BCUT2D eigenvalue weighted by atomic mass is 10.1. The van der Waals surface area contributed by atoms with E-state index >= 15 is 0 Å². The highest BCUT2D eigenvalue weighted by molar-refractivity contribution is 14.0. The maximum atomic E-state index is 12.7. The molecule has 0 fully saturated rings. The van der Waals surface area contributed by atoms with Gasteiger partial charge in [0.15, 0.2) is 12.6 Å². The minimum absolute atomic E-state index is 0. The molecule has 10 heteroatoms. The quantitative estimate of drug-likeness (QED) is 0.314. The van der Waals surface area contributed by atoms with Crippen LogP contribution in [0.3, 0.4) is 0 Å². The van der Waals surface area contributed by atoms with Gasteiger partial charge < -0.3 is 19.9 Å². The van der Waals surface area contributed by atoms with Crippen molar-refractivity contribution in [2.75, 3.05) is 34.8 Å². The van der Waals surface area contributed by atoms with Gasteiger partial charge in [-0.1, -0.05) is 24.3 Å². The number of hydrogen-bond donors (Lipinski definition) is 1. The second kappa shape index (κ2) is 12.5. The van der Waals surface area contributed by atoms with Gasteiger partial charge in [-0.25, -0.2) is 0 Å². The van der Waals surface area contributed by atoms with Gasteiger partial charge >= 0.3 is 6.18 Å². The molecule has 0 aliphatic rings. The van der Waals surface area contributed by atoms with Gasteiger partial charge in [-0.3, -0.25) is 9.79 Å². The molecule has 176 valence electrons. The van der Waals surface area contributed by atoms with E-state index < -0.39 is 11.7 Å². The Balaban J connectivity index is 0.00000512. The molecular weight excluding hydrogens is 536 g/mol. The molecule has 0 aromatic heterocycles. The molecule has 0 spiro atoms. The zero-order chi connectivity index (χ0) is 23.0. The molecule has 6 nitrogen and oxygen atoms in total. The fourth-order valence-electron chi connectivity index (χ4n) is 2.73.